The molecule has 0 saturated heterocycles. The number of nitrogens with one attached hydrogen (secondary N) is 1. The summed E-state index contributed by atoms with van der Waals surface area (Å²) in [6, 6.07) is 15.8. The summed E-state index contributed by atoms with van der Waals surface area (Å²) in [6.07, 6.45) is -0.0616. The number of ether oxygens (including phenoxy) is 1. The van der Waals surface area contributed by atoms with Crippen molar-refractivity contribution in [1.29, 1.82) is 0 Å². The highest BCUT2D eigenvalue weighted by atomic mass is 16.5. The fraction of sp³-hybridized carbons (Fsp3) is 0.150. The minimum atomic E-state index is -0.592. The zero-order chi connectivity index (χ0) is 17.4. The first-order valence-electron chi connectivity index (χ1n) is 8.10. The Kier molecular flexibility index (Phi) is 3.78. The smallest absolute Gasteiger partial charge is 0.255 e. The highest BCUT2D eigenvalue weighted by Crippen LogP contribution is 2.38. The Bertz CT molecular complexity index is 967. The van der Waals surface area contributed by atoms with Crippen molar-refractivity contribution in [2.24, 2.45) is 0 Å². The summed E-state index contributed by atoms with van der Waals surface area (Å²) in [5.74, 6) is 0.211. The van der Waals surface area contributed by atoms with E-state index in [1.54, 1.807) is 30.3 Å². The zero-order valence-electron chi connectivity index (χ0n) is 13.4. The molecular weight excluding hydrogens is 318 g/mol. The first-order valence-corrected chi connectivity index (χ1v) is 8.10. The van der Waals surface area contributed by atoms with Crippen LogP contribution in [0, 0.1) is 0 Å². The third-order valence-electron chi connectivity index (χ3n) is 4.39. The second kappa shape index (κ2) is 6.11. The molecule has 0 aromatic heterocycles. The van der Waals surface area contributed by atoms with Gasteiger partial charge in [-0.1, -0.05) is 36.4 Å². The predicted octanol–water partition coefficient (Wildman–Crippen LogP) is 3.61. The predicted molar refractivity (Wildman–Crippen MR) is 95.1 cm³/mol. The third-order valence-corrected chi connectivity index (χ3v) is 4.39. The van der Waals surface area contributed by atoms with Gasteiger partial charge in [0.05, 0.1) is 18.4 Å². The Morgan fingerprint density at radius 1 is 1.12 bits per heavy atom. The van der Waals surface area contributed by atoms with E-state index in [9.17, 15) is 15.0 Å². The number of phenolic OH excluding ortho intramolecular Hbond substituents is 1. The van der Waals surface area contributed by atoms with Crippen LogP contribution in [0.4, 0.5) is 5.69 Å². The lowest BCUT2D eigenvalue weighted by molar-refractivity contribution is 0.102. The zero-order valence-corrected chi connectivity index (χ0v) is 13.4. The molecule has 0 aliphatic carbocycles. The molecule has 1 aliphatic heterocycles. The van der Waals surface area contributed by atoms with Crippen LogP contribution in [-0.2, 0) is 0 Å². The van der Waals surface area contributed by atoms with Crippen LogP contribution in [-0.4, -0.2) is 22.7 Å². The summed E-state index contributed by atoms with van der Waals surface area (Å²) in [6.45, 7) is 0.401. The van der Waals surface area contributed by atoms with Crippen molar-refractivity contribution >= 4 is 22.4 Å². The van der Waals surface area contributed by atoms with Crippen molar-refractivity contribution in [2.75, 3.05) is 11.9 Å². The summed E-state index contributed by atoms with van der Waals surface area (Å²) < 4.78 is 5.63. The Balaban J connectivity index is 1.68. The lowest BCUT2D eigenvalue weighted by Gasteiger charge is -2.24. The first kappa shape index (κ1) is 15.5. The summed E-state index contributed by atoms with van der Waals surface area (Å²) in [4.78, 5) is 12.6. The molecule has 3 aromatic rings. The third kappa shape index (κ3) is 2.79. The number of hydrogen-bond donors (Lipinski definition) is 3. The van der Waals surface area contributed by atoms with Crippen LogP contribution in [0.3, 0.4) is 0 Å². The second-order valence-electron chi connectivity index (χ2n) is 6.05. The van der Waals surface area contributed by atoms with Gasteiger partial charge in [-0.25, -0.2) is 0 Å². The van der Waals surface area contributed by atoms with Gasteiger partial charge in [0.25, 0.3) is 5.91 Å². The highest BCUT2D eigenvalue weighted by molar-refractivity contribution is 6.08. The molecule has 5 nitrogen and oxygen atoms in total. The molecule has 0 radical (unpaired) electrons. The van der Waals surface area contributed by atoms with Crippen molar-refractivity contribution < 1.29 is 19.7 Å². The summed E-state index contributed by atoms with van der Waals surface area (Å²) >= 11 is 0. The normalized spacial score (nSPS) is 16.1. The number of fused-ring (bicyclic) bond motifs is 2. The molecule has 1 atom stereocenters. The van der Waals surface area contributed by atoms with Crippen LogP contribution in [0.15, 0.2) is 54.6 Å². The van der Waals surface area contributed by atoms with Gasteiger partial charge in [0, 0.05) is 22.9 Å². The Morgan fingerprint density at radius 2 is 1.96 bits per heavy atom. The van der Waals surface area contributed by atoms with Crippen molar-refractivity contribution in [2.45, 2.75) is 12.5 Å². The Hall–Kier alpha value is -3.05. The standard InChI is InChI=1S/C20H17NO4/c22-17-8-9-25-19-15(17)6-3-7-16(19)21-20(24)13-10-12-4-1-2-5-14(12)18(23)11-13/h1-7,10-11,17,22-23H,8-9H2,(H,21,24)/t17-/m0/s1. The van der Waals surface area contributed by atoms with Crippen LogP contribution < -0.4 is 10.1 Å². The molecule has 3 aromatic carbocycles. The van der Waals surface area contributed by atoms with E-state index in [1.165, 1.54) is 6.07 Å². The number of anilines is 1. The van der Waals surface area contributed by atoms with E-state index >= 15 is 0 Å². The number of aliphatic hydroxyl groups is 1. The van der Waals surface area contributed by atoms with E-state index in [1.807, 2.05) is 18.2 Å². The molecule has 0 fully saturated rings. The van der Waals surface area contributed by atoms with Gasteiger partial charge in [0.2, 0.25) is 0 Å². The number of carbonyl (C=O) groups excluding carboxylic acids is 1. The van der Waals surface area contributed by atoms with Crippen molar-refractivity contribution in [3.05, 3.63) is 65.7 Å². The van der Waals surface area contributed by atoms with Gasteiger partial charge in [0.1, 0.15) is 11.5 Å². The maximum absolute atomic E-state index is 12.6. The van der Waals surface area contributed by atoms with Gasteiger partial charge in [0.15, 0.2) is 0 Å². The minimum Gasteiger partial charge on any atom is -0.507 e. The number of carbonyl (C=O) groups is 1. The molecule has 0 saturated carbocycles. The number of benzene rings is 3. The van der Waals surface area contributed by atoms with Crippen LogP contribution in [0.2, 0.25) is 0 Å². The molecule has 1 amide bonds. The number of aliphatic hydroxyl groups excluding tert-OH is 1. The van der Waals surface area contributed by atoms with Gasteiger partial charge < -0.3 is 20.3 Å². The summed E-state index contributed by atoms with van der Waals surface area (Å²) in [5.41, 5.74) is 1.53. The molecule has 25 heavy (non-hydrogen) atoms. The van der Waals surface area contributed by atoms with Crippen LogP contribution in [0.25, 0.3) is 10.8 Å². The second-order valence-corrected chi connectivity index (χ2v) is 6.05. The largest absolute Gasteiger partial charge is 0.507 e. The summed E-state index contributed by atoms with van der Waals surface area (Å²) in [7, 11) is 0. The first-order chi connectivity index (χ1) is 12.1. The average molecular weight is 335 g/mol. The van der Waals surface area contributed by atoms with Gasteiger partial charge in [-0.3, -0.25) is 4.79 Å². The van der Waals surface area contributed by atoms with Gasteiger partial charge in [-0.15, -0.1) is 0 Å². The minimum absolute atomic E-state index is 0.0602. The fourth-order valence-corrected chi connectivity index (χ4v) is 3.12. The van der Waals surface area contributed by atoms with E-state index in [0.717, 1.165) is 5.39 Å². The number of para-hydroxylation sites is 1. The maximum atomic E-state index is 12.6. The lowest BCUT2D eigenvalue weighted by atomic mass is 10.0. The Labute approximate surface area is 144 Å². The number of hydrogen-bond acceptors (Lipinski definition) is 4. The van der Waals surface area contributed by atoms with Gasteiger partial charge in [-0.2, -0.15) is 0 Å². The molecule has 1 aliphatic rings. The van der Waals surface area contributed by atoms with Crippen molar-refractivity contribution in [3.63, 3.8) is 0 Å². The van der Waals surface area contributed by atoms with Crippen LogP contribution in [0.5, 0.6) is 11.5 Å². The lowest BCUT2D eigenvalue weighted by Crippen LogP contribution is -2.18. The van der Waals surface area contributed by atoms with Crippen molar-refractivity contribution in [1.82, 2.24) is 0 Å². The number of phenols is 1. The van der Waals surface area contributed by atoms with E-state index in [4.69, 9.17) is 4.74 Å². The maximum Gasteiger partial charge on any atom is 0.255 e. The molecule has 126 valence electrons. The molecule has 0 spiro atoms. The van der Waals surface area contributed by atoms with E-state index in [-0.39, 0.29) is 11.7 Å². The molecule has 0 bridgehead atoms. The quantitative estimate of drug-likeness (QED) is 0.668. The SMILES string of the molecule is O=C(Nc1cccc2c1OCC[C@@H]2O)c1cc(O)c2ccccc2c1. The molecule has 4 rings (SSSR count). The fourth-order valence-electron chi connectivity index (χ4n) is 3.12. The van der Waals surface area contributed by atoms with Gasteiger partial charge in [-0.05, 0) is 23.6 Å². The average Bonchev–Trinajstić information content (AvgIpc) is 2.62. The van der Waals surface area contributed by atoms with Crippen LogP contribution >= 0.6 is 0 Å². The number of rotatable bonds is 2. The highest BCUT2D eigenvalue weighted by Gasteiger charge is 2.23. The number of aromatic hydroxyl groups is 1. The van der Waals surface area contributed by atoms with E-state index in [2.05, 4.69) is 5.32 Å². The van der Waals surface area contributed by atoms with E-state index < -0.39 is 6.10 Å². The van der Waals surface area contributed by atoms with E-state index in [0.29, 0.717) is 41.0 Å². The monoisotopic (exact) mass is 335 g/mol. The molecule has 3 N–H and O–H groups in total. The van der Waals surface area contributed by atoms with Crippen molar-refractivity contribution in [3.8, 4) is 11.5 Å². The van der Waals surface area contributed by atoms with Gasteiger partial charge >= 0.3 is 0 Å². The molecule has 5 heteroatoms. The Morgan fingerprint density at radius 3 is 2.84 bits per heavy atom. The summed E-state index contributed by atoms with van der Waals surface area (Å²) in [5, 5.41) is 24.5. The topological polar surface area (TPSA) is 78.8 Å². The molecule has 1 heterocycles. The van der Waals surface area contributed by atoms with Crippen LogP contribution in [0.1, 0.15) is 28.4 Å². The molecule has 0 unspecified atom stereocenters. The number of amides is 1. The molecular formula is C20H17NO4.